The lowest BCUT2D eigenvalue weighted by atomic mass is 9.84. The van der Waals surface area contributed by atoms with Crippen LogP contribution in [0.4, 0.5) is 27.8 Å². The van der Waals surface area contributed by atoms with Gasteiger partial charge in [-0.05, 0) is 90.9 Å². The third kappa shape index (κ3) is 5.03. The first-order chi connectivity index (χ1) is 22.5. The van der Waals surface area contributed by atoms with Crippen LogP contribution in [0.15, 0.2) is 42.5 Å². The fraction of sp³-hybridized carbons (Fsp3) is 0.444. The molecule has 4 aromatic rings. The number of fused-ring (bicyclic) bond motifs is 5. The van der Waals surface area contributed by atoms with Gasteiger partial charge in [-0.1, -0.05) is 18.1 Å². The van der Waals surface area contributed by atoms with Gasteiger partial charge in [0.15, 0.2) is 0 Å². The summed E-state index contributed by atoms with van der Waals surface area (Å²) in [5.74, 6) is -0.0705. The average Bonchev–Trinajstić information content (AvgIpc) is 3.66. The number of phenolic OH excluding ortho intramolecular Hbond substituents is 1. The van der Waals surface area contributed by atoms with Gasteiger partial charge in [-0.25, -0.2) is 8.78 Å². The van der Waals surface area contributed by atoms with Gasteiger partial charge in [0.05, 0.1) is 22.5 Å². The number of alkyl halides is 4. The summed E-state index contributed by atoms with van der Waals surface area (Å²) in [4.78, 5) is 13.6. The van der Waals surface area contributed by atoms with Crippen molar-refractivity contribution in [2.24, 2.45) is 17.8 Å². The van der Waals surface area contributed by atoms with Crippen LogP contribution in [0.1, 0.15) is 37.7 Å². The topological polar surface area (TPSA) is 61.7 Å². The molecule has 4 heterocycles. The molecule has 2 bridgehead atoms. The van der Waals surface area contributed by atoms with E-state index in [2.05, 4.69) is 10.8 Å². The van der Waals surface area contributed by atoms with Crippen LogP contribution in [0.3, 0.4) is 0 Å². The second-order valence-electron chi connectivity index (χ2n) is 13.7. The van der Waals surface area contributed by atoms with E-state index in [1.165, 1.54) is 18.2 Å². The Balaban J connectivity index is 1.23. The molecule has 0 amide bonds. The predicted molar refractivity (Wildman–Crippen MR) is 169 cm³/mol. The summed E-state index contributed by atoms with van der Waals surface area (Å²) in [6.07, 6.45) is 3.64. The van der Waals surface area contributed by atoms with Crippen LogP contribution in [0.5, 0.6) is 11.8 Å². The molecule has 11 heteroatoms. The fourth-order valence-corrected chi connectivity index (χ4v) is 8.94. The number of aromatic hydroxyl groups is 1. The molecule has 244 valence electrons. The number of piperidine rings is 1. The Morgan fingerprint density at radius 1 is 1.04 bits per heavy atom. The van der Waals surface area contributed by atoms with Gasteiger partial charge in [-0.15, -0.1) is 6.42 Å². The van der Waals surface area contributed by atoms with Gasteiger partial charge in [-0.2, -0.15) is 23.1 Å². The SMILES string of the molecule is C#Cc1c(F)ccc2cc(O)cc(-c3ccc4c(N5CC6CCC(C5)C6C(F)(F)F)nc(OC[C@@]56CCCN5C[C@H](F)C6)nc4c3)c12. The number of anilines is 1. The molecule has 4 aliphatic rings. The van der Waals surface area contributed by atoms with Crippen molar-refractivity contribution < 1.29 is 31.8 Å². The molecule has 0 radical (unpaired) electrons. The van der Waals surface area contributed by atoms with Crippen LogP contribution in [0, 0.1) is 35.9 Å². The van der Waals surface area contributed by atoms with Crippen molar-refractivity contribution in [1.82, 2.24) is 14.9 Å². The fourth-order valence-electron chi connectivity index (χ4n) is 8.94. The van der Waals surface area contributed by atoms with E-state index in [9.17, 15) is 27.1 Å². The van der Waals surface area contributed by atoms with Gasteiger partial charge in [0.25, 0.3) is 0 Å². The van der Waals surface area contributed by atoms with Crippen molar-refractivity contribution in [3.63, 3.8) is 0 Å². The highest BCUT2D eigenvalue weighted by Gasteiger charge is 2.55. The number of benzene rings is 3. The van der Waals surface area contributed by atoms with E-state index in [4.69, 9.17) is 21.1 Å². The van der Waals surface area contributed by atoms with E-state index in [1.54, 1.807) is 24.3 Å². The summed E-state index contributed by atoms with van der Waals surface area (Å²) in [5.41, 5.74) is 1.19. The van der Waals surface area contributed by atoms with Gasteiger partial charge in [0.2, 0.25) is 0 Å². The molecule has 1 N–H and O–H groups in total. The molecular formula is C36H33F5N4O2. The minimum absolute atomic E-state index is 0.0271. The van der Waals surface area contributed by atoms with E-state index in [0.29, 0.717) is 64.4 Å². The van der Waals surface area contributed by atoms with Crippen LogP contribution in [-0.4, -0.2) is 70.6 Å². The number of nitrogens with zero attached hydrogens (tertiary/aromatic N) is 4. The number of phenols is 1. The number of hydrogen-bond donors (Lipinski definition) is 1. The molecule has 8 rings (SSSR count). The average molecular weight is 649 g/mol. The summed E-state index contributed by atoms with van der Waals surface area (Å²) in [6, 6.07) is 11.3. The third-order valence-corrected chi connectivity index (χ3v) is 10.9. The van der Waals surface area contributed by atoms with Crippen molar-refractivity contribution >= 4 is 27.5 Å². The van der Waals surface area contributed by atoms with E-state index in [0.717, 1.165) is 19.4 Å². The van der Waals surface area contributed by atoms with Crippen molar-refractivity contribution in [2.45, 2.75) is 50.0 Å². The highest BCUT2D eigenvalue weighted by Crippen LogP contribution is 2.51. The molecule has 4 atom stereocenters. The summed E-state index contributed by atoms with van der Waals surface area (Å²) in [5, 5.41) is 12.2. The Morgan fingerprint density at radius 2 is 1.83 bits per heavy atom. The number of rotatable bonds is 5. The monoisotopic (exact) mass is 648 g/mol. The highest BCUT2D eigenvalue weighted by atomic mass is 19.4. The smallest absolute Gasteiger partial charge is 0.392 e. The van der Waals surface area contributed by atoms with E-state index in [1.807, 2.05) is 4.90 Å². The zero-order chi connectivity index (χ0) is 32.7. The molecule has 1 aliphatic carbocycles. The number of hydrogen-bond acceptors (Lipinski definition) is 6. The van der Waals surface area contributed by atoms with Gasteiger partial charge >= 0.3 is 12.2 Å². The van der Waals surface area contributed by atoms with Crippen LogP contribution in [0.2, 0.25) is 0 Å². The summed E-state index contributed by atoms with van der Waals surface area (Å²) in [6.45, 7) is 1.77. The van der Waals surface area contributed by atoms with Crippen molar-refractivity contribution in [1.29, 1.82) is 0 Å². The molecule has 2 unspecified atom stereocenters. The predicted octanol–water partition coefficient (Wildman–Crippen LogP) is 7.26. The summed E-state index contributed by atoms with van der Waals surface area (Å²) < 4.78 is 77.5. The zero-order valence-corrected chi connectivity index (χ0v) is 25.5. The highest BCUT2D eigenvalue weighted by molar-refractivity contribution is 6.03. The first-order valence-corrected chi connectivity index (χ1v) is 16.1. The second kappa shape index (κ2) is 10.9. The molecule has 3 saturated heterocycles. The van der Waals surface area contributed by atoms with Gasteiger partial charge in [0, 0.05) is 36.8 Å². The Hall–Kier alpha value is -4.17. The number of halogens is 5. The molecule has 6 nitrogen and oxygen atoms in total. The molecule has 1 aromatic heterocycles. The normalized spacial score (nSPS) is 27.4. The van der Waals surface area contributed by atoms with Gasteiger partial charge in [0.1, 0.15) is 30.2 Å². The van der Waals surface area contributed by atoms with Gasteiger partial charge < -0.3 is 14.7 Å². The largest absolute Gasteiger partial charge is 0.508 e. The maximum atomic E-state index is 14.8. The lowest BCUT2D eigenvalue weighted by molar-refractivity contribution is -0.196. The van der Waals surface area contributed by atoms with Gasteiger partial charge in [-0.3, -0.25) is 4.90 Å². The molecule has 4 fully saturated rings. The Bertz CT molecular complexity index is 1930. The third-order valence-electron chi connectivity index (χ3n) is 10.9. The minimum atomic E-state index is -4.25. The second-order valence-corrected chi connectivity index (χ2v) is 13.7. The molecule has 3 aliphatic heterocycles. The number of ether oxygens (including phenoxy) is 1. The summed E-state index contributed by atoms with van der Waals surface area (Å²) >= 11 is 0. The van der Waals surface area contributed by atoms with E-state index in [-0.39, 0.29) is 37.0 Å². The molecule has 1 saturated carbocycles. The standard InChI is InChI=1S/C36H33F5N4O2/c1-2-26-29(38)9-7-21-12-25(46)14-28(31(21)26)20-6-8-27-30(13-20)42-34(47-19-35-10-3-11-45(35)18-24(37)15-35)43-33(27)44-16-22-4-5-23(17-44)32(22)36(39,40)41/h1,6-9,12-14,22-24,32,46H,3-5,10-11,15-19H2/t22?,23?,24-,32?,35+/m1/s1. The Kier molecular flexibility index (Phi) is 7.03. The molecular weight excluding hydrogens is 615 g/mol. The van der Waals surface area contributed by atoms with Crippen LogP contribution >= 0.6 is 0 Å². The molecule has 0 spiro atoms. The molecule has 3 aromatic carbocycles. The first kappa shape index (κ1) is 30.2. The lowest BCUT2D eigenvalue weighted by Crippen LogP contribution is -2.47. The van der Waals surface area contributed by atoms with E-state index < -0.39 is 41.5 Å². The lowest BCUT2D eigenvalue weighted by Gasteiger charge is -2.39. The maximum absolute atomic E-state index is 14.8. The Labute approximate surface area is 268 Å². The van der Waals surface area contributed by atoms with Crippen LogP contribution in [0.25, 0.3) is 32.8 Å². The molecule has 47 heavy (non-hydrogen) atoms. The number of terminal acetylenes is 1. The van der Waals surface area contributed by atoms with Crippen molar-refractivity contribution in [3.05, 3.63) is 53.8 Å². The van der Waals surface area contributed by atoms with Crippen molar-refractivity contribution in [2.75, 3.05) is 37.7 Å². The zero-order valence-electron chi connectivity index (χ0n) is 25.5. The summed E-state index contributed by atoms with van der Waals surface area (Å²) in [7, 11) is 0. The number of aromatic nitrogens is 2. The van der Waals surface area contributed by atoms with E-state index >= 15 is 0 Å². The maximum Gasteiger partial charge on any atom is 0.392 e. The Morgan fingerprint density at radius 3 is 2.57 bits per heavy atom. The minimum Gasteiger partial charge on any atom is -0.508 e. The van der Waals surface area contributed by atoms with Crippen molar-refractivity contribution in [3.8, 4) is 35.2 Å². The first-order valence-electron chi connectivity index (χ1n) is 16.1. The van der Waals surface area contributed by atoms with Crippen LogP contribution < -0.4 is 9.64 Å². The van der Waals surface area contributed by atoms with Crippen LogP contribution in [-0.2, 0) is 0 Å². The quantitative estimate of drug-likeness (QED) is 0.182.